The van der Waals surface area contributed by atoms with Crippen molar-refractivity contribution in [3.63, 3.8) is 0 Å². The molecular weight excluding hydrogens is 244 g/mol. The number of aromatic carboxylic acids is 1. The molecule has 1 aliphatic rings. The quantitative estimate of drug-likeness (QED) is 0.830. The maximum Gasteiger partial charge on any atom is 0.354 e. The number of aryl methyl sites for hydroxylation is 1. The van der Waals surface area contributed by atoms with Gasteiger partial charge in [0.05, 0.1) is 17.2 Å². The average Bonchev–Trinajstić information content (AvgIpc) is 2.59. The summed E-state index contributed by atoms with van der Waals surface area (Å²) in [5.41, 5.74) is 0.649. The van der Waals surface area contributed by atoms with E-state index in [1.165, 1.54) is 10.7 Å². The summed E-state index contributed by atoms with van der Waals surface area (Å²) in [6.45, 7) is 0. The third-order valence-electron chi connectivity index (χ3n) is 3.00. The second-order valence-electron chi connectivity index (χ2n) is 4.34. The van der Waals surface area contributed by atoms with Crippen molar-refractivity contribution in [1.29, 1.82) is 0 Å². The summed E-state index contributed by atoms with van der Waals surface area (Å²) in [6.07, 6.45) is 1.36. The van der Waals surface area contributed by atoms with Gasteiger partial charge in [0.1, 0.15) is 5.69 Å². The van der Waals surface area contributed by atoms with Crippen LogP contribution in [-0.4, -0.2) is 40.8 Å². The van der Waals surface area contributed by atoms with Crippen molar-refractivity contribution in [2.75, 3.05) is 11.5 Å². The highest BCUT2D eigenvalue weighted by Gasteiger charge is 2.28. The van der Waals surface area contributed by atoms with E-state index in [2.05, 4.69) is 5.10 Å². The van der Waals surface area contributed by atoms with Crippen LogP contribution in [0.5, 0.6) is 0 Å². The Bertz CT molecular complexity index is 547. The largest absolute Gasteiger partial charge is 0.477 e. The molecule has 6 nitrogen and oxygen atoms in total. The topological polar surface area (TPSA) is 89.3 Å². The number of aromatic nitrogens is 2. The van der Waals surface area contributed by atoms with Gasteiger partial charge in [0.2, 0.25) is 0 Å². The first-order valence-electron chi connectivity index (χ1n) is 5.37. The van der Waals surface area contributed by atoms with Gasteiger partial charge in [-0.1, -0.05) is 0 Å². The van der Waals surface area contributed by atoms with Crippen LogP contribution in [-0.2, 0) is 16.9 Å². The highest BCUT2D eigenvalue weighted by Crippen LogP contribution is 2.27. The van der Waals surface area contributed by atoms with Crippen molar-refractivity contribution in [3.05, 3.63) is 17.5 Å². The van der Waals surface area contributed by atoms with E-state index < -0.39 is 15.8 Å². The smallest absolute Gasteiger partial charge is 0.354 e. The molecule has 7 heteroatoms. The summed E-state index contributed by atoms with van der Waals surface area (Å²) in [4.78, 5) is 10.9. The normalized spacial score (nSPS) is 23.5. The highest BCUT2D eigenvalue weighted by atomic mass is 32.2. The molecule has 0 amide bonds. The number of hydrogen-bond acceptors (Lipinski definition) is 4. The first-order valence-corrected chi connectivity index (χ1v) is 7.19. The maximum atomic E-state index is 11.5. The molecule has 0 aliphatic carbocycles. The zero-order valence-electron chi connectivity index (χ0n) is 9.46. The van der Waals surface area contributed by atoms with Crippen LogP contribution in [0.1, 0.15) is 34.9 Å². The van der Waals surface area contributed by atoms with Crippen LogP contribution in [0, 0.1) is 0 Å². The lowest BCUT2D eigenvalue weighted by molar-refractivity contribution is 0.0685. The molecule has 1 fully saturated rings. The Balaban J connectivity index is 2.29. The molecule has 2 rings (SSSR count). The summed E-state index contributed by atoms with van der Waals surface area (Å²) in [5.74, 6) is -0.927. The van der Waals surface area contributed by atoms with Gasteiger partial charge in [-0.05, 0) is 18.9 Å². The monoisotopic (exact) mass is 258 g/mol. The Labute approximate surface area is 99.2 Å². The Kier molecular flexibility index (Phi) is 2.94. The van der Waals surface area contributed by atoms with Crippen LogP contribution >= 0.6 is 0 Å². The summed E-state index contributed by atoms with van der Waals surface area (Å²) in [6, 6.07) is 1.47. The molecule has 1 N–H and O–H groups in total. The number of nitrogens with zero attached hydrogens (tertiary/aromatic N) is 2. The van der Waals surface area contributed by atoms with E-state index >= 15 is 0 Å². The number of carboxylic acids is 1. The van der Waals surface area contributed by atoms with Crippen molar-refractivity contribution in [3.8, 4) is 0 Å². The molecule has 2 heterocycles. The van der Waals surface area contributed by atoms with Gasteiger partial charge in [-0.25, -0.2) is 13.2 Å². The first-order chi connectivity index (χ1) is 7.89. The molecule has 0 spiro atoms. The second-order valence-corrected chi connectivity index (χ2v) is 6.57. The first kappa shape index (κ1) is 12.1. The Morgan fingerprint density at radius 3 is 2.82 bits per heavy atom. The molecule has 94 valence electrons. The van der Waals surface area contributed by atoms with Crippen LogP contribution in [0.4, 0.5) is 0 Å². The number of rotatable bonds is 2. The van der Waals surface area contributed by atoms with Crippen LogP contribution in [0.3, 0.4) is 0 Å². The zero-order chi connectivity index (χ0) is 12.6. The van der Waals surface area contributed by atoms with Gasteiger partial charge in [-0.15, -0.1) is 0 Å². The molecule has 0 aromatic carbocycles. The third-order valence-corrected chi connectivity index (χ3v) is 4.82. The van der Waals surface area contributed by atoms with E-state index in [4.69, 9.17) is 5.11 Å². The lowest BCUT2D eigenvalue weighted by Crippen LogP contribution is -2.24. The van der Waals surface area contributed by atoms with E-state index in [0.717, 1.165) is 6.42 Å². The molecule has 1 aromatic heterocycles. The van der Waals surface area contributed by atoms with Crippen LogP contribution in [0.2, 0.25) is 0 Å². The number of carbonyl (C=O) groups is 1. The Hall–Kier alpha value is -1.37. The Morgan fingerprint density at radius 2 is 2.29 bits per heavy atom. The minimum Gasteiger partial charge on any atom is -0.477 e. The van der Waals surface area contributed by atoms with Crippen molar-refractivity contribution >= 4 is 15.8 Å². The fourth-order valence-corrected chi connectivity index (χ4v) is 3.87. The second kappa shape index (κ2) is 4.14. The SMILES string of the molecule is Cn1nc(C2CCCS(=O)(=O)C2)cc1C(=O)O. The molecule has 1 aromatic rings. The standard InChI is InChI=1S/C10H14N2O4S/c1-12-9(10(13)14)5-8(11-12)7-3-2-4-17(15,16)6-7/h5,7H,2-4,6H2,1H3,(H,13,14). The molecule has 17 heavy (non-hydrogen) atoms. The maximum absolute atomic E-state index is 11.5. The van der Waals surface area contributed by atoms with Crippen molar-refractivity contribution < 1.29 is 18.3 Å². The third kappa shape index (κ3) is 2.49. The van der Waals surface area contributed by atoms with Gasteiger partial charge in [0.15, 0.2) is 9.84 Å². The highest BCUT2D eigenvalue weighted by molar-refractivity contribution is 7.91. The molecule has 1 unspecified atom stereocenters. The van der Waals surface area contributed by atoms with Crippen LogP contribution < -0.4 is 0 Å². The average molecular weight is 258 g/mol. The minimum absolute atomic E-state index is 0.0725. The number of carboxylic acid groups (broad SMARTS) is 1. The minimum atomic E-state index is -3.00. The van der Waals surface area contributed by atoms with Crippen LogP contribution in [0.25, 0.3) is 0 Å². The molecule has 1 saturated heterocycles. The van der Waals surface area contributed by atoms with Gasteiger partial charge in [0, 0.05) is 13.0 Å². The van der Waals surface area contributed by atoms with Crippen molar-refractivity contribution in [2.45, 2.75) is 18.8 Å². The lowest BCUT2D eigenvalue weighted by Gasteiger charge is -2.19. The van der Waals surface area contributed by atoms with Gasteiger partial charge in [-0.3, -0.25) is 4.68 Å². The van der Waals surface area contributed by atoms with Gasteiger partial charge in [0.25, 0.3) is 0 Å². The molecule has 0 radical (unpaired) electrons. The fraction of sp³-hybridized carbons (Fsp3) is 0.600. The fourth-order valence-electron chi connectivity index (χ4n) is 2.15. The molecule has 1 atom stereocenters. The van der Waals surface area contributed by atoms with Crippen molar-refractivity contribution in [1.82, 2.24) is 9.78 Å². The van der Waals surface area contributed by atoms with Gasteiger partial charge < -0.3 is 5.11 Å². The summed E-state index contributed by atoms with van der Waals surface area (Å²) < 4.78 is 24.3. The zero-order valence-corrected chi connectivity index (χ0v) is 10.3. The summed E-state index contributed by atoms with van der Waals surface area (Å²) in [5, 5.41) is 13.0. The number of hydrogen-bond donors (Lipinski definition) is 1. The molecular formula is C10H14N2O4S. The van der Waals surface area contributed by atoms with Crippen molar-refractivity contribution in [2.24, 2.45) is 7.05 Å². The molecule has 0 bridgehead atoms. The van der Waals surface area contributed by atoms with E-state index in [1.54, 1.807) is 7.05 Å². The predicted molar refractivity (Wildman–Crippen MR) is 60.8 cm³/mol. The number of sulfone groups is 1. The van der Waals surface area contributed by atoms with E-state index in [-0.39, 0.29) is 23.1 Å². The van der Waals surface area contributed by atoms with E-state index in [0.29, 0.717) is 12.1 Å². The van der Waals surface area contributed by atoms with Crippen LogP contribution in [0.15, 0.2) is 6.07 Å². The van der Waals surface area contributed by atoms with Gasteiger partial charge >= 0.3 is 5.97 Å². The summed E-state index contributed by atoms with van der Waals surface area (Å²) in [7, 11) is -1.45. The Morgan fingerprint density at radius 1 is 1.59 bits per heavy atom. The van der Waals surface area contributed by atoms with Gasteiger partial charge in [-0.2, -0.15) is 5.10 Å². The predicted octanol–water partition coefficient (Wildman–Crippen LogP) is 0.411. The summed E-state index contributed by atoms with van der Waals surface area (Å²) >= 11 is 0. The van der Waals surface area contributed by atoms with E-state index in [1.807, 2.05) is 0 Å². The lowest BCUT2D eigenvalue weighted by atomic mass is 10.0. The molecule has 0 saturated carbocycles. The molecule has 1 aliphatic heterocycles. The van der Waals surface area contributed by atoms with E-state index in [9.17, 15) is 13.2 Å².